The number of rotatable bonds is 3. The molecule has 112 valence electrons. The summed E-state index contributed by atoms with van der Waals surface area (Å²) in [5.41, 5.74) is 0.790. The van der Waals surface area contributed by atoms with Crippen LogP contribution >= 0.6 is 11.6 Å². The minimum Gasteiger partial charge on any atom is -0.419 e. The lowest BCUT2D eigenvalue weighted by Gasteiger charge is -2.33. The fraction of sp³-hybridized carbons (Fsp3) is 0.500. The fourth-order valence-corrected chi connectivity index (χ4v) is 3.39. The van der Waals surface area contributed by atoms with Crippen LogP contribution in [-0.2, 0) is 6.54 Å². The zero-order chi connectivity index (χ0) is 14.8. The highest BCUT2D eigenvalue weighted by Gasteiger charge is 2.23. The molecule has 0 radical (unpaired) electrons. The number of hydrogen-bond donors (Lipinski definition) is 0. The standard InChI is InChI=1S/C16H20ClN3O/c1-11-7-12(2)9-20(8-11)10-15-18-19-16(21-15)13-5-3-4-6-14(13)17/h3-6,11-12H,7-10H2,1-2H3/t11-,12-/m0/s1. The maximum atomic E-state index is 6.16. The third-order valence-corrected chi connectivity index (χ3v) is 4.20. The fourth-order valence-electron chi connectivity index (χ4n) is 3.17. The molecule has 0 N–H and O–H groups in total. The zero-order valence-corrected chi connectivity index (χ0v) is 13.2. The Bertz CT molecular complexity index is 603. The minimum absolute atomic E-state index is 0.494. The average molecular weight is 306 g/mol. The molecule has 5 heteroatoms. The molecule has 2 atom stereocenters. The molecule has 1 aromatic heterocycles. The van der Waals surface area contributed by atoms with Gasteiger partial charge in [0.25, 0.3) is 0 Å². The van der Waals surface area contributed by atoms with Crippen LogP contribution in [0.5, 0.6) is 0 Å². The molecule has 1 aromatic carbocycles. The molecule has 0 spiro atoms. The van der Waals surface area contributed by atoms with E-state index in [4.69, 9.17) is 16.0 Å². The van der Waals surface area contributed by atoms with E-state index >= 15 is 0 Å². The van der Waals surface area contributed by atoms with Crippen LogP contribution in [0.3, 0.4) is 0 Å². The summed E-state index contributed by atoms with van der Waals surface area (Å²) in [6.07, 6.45) is 1.30. The van der Waals surface area contributed by atoms with Gasteiger partial charge in [0, 0.05) is 13.1 Å². The Labute approximate surface area is 130 Å². The highest BCUT2D eigenvalue weighted by Crippen LogP contribution is 2.27. The maximum absolute atomic E-state index is 6.16. The van der Waals surface area contributed by atoms with Crippen LogP contribution in [0.15, 0.2) is 28.7 Å². The van der Waals surface area contributed by atoms with E-state index in [1.807, 2.05) is 24.3 Å². The minimum atomic E-state index is 0.494. The molecule has 2 heterocycles. The molecule has 2 aromatic rings. The molecule has 0 amide bonds. The second-order valence-electron chi connectivity index (χ2n) is 6.12. The Morgan fingerprint density at radius 3 is 2.62 bits per heavy atom. The molecule has 1 aliphatic heterocycles. The number of hydrogen-bond acceptors (Lipinski definition) is 4. The smallest absolute Gasteiger partial charge is 0.249 e. The largest absolute Gasteiger partial charge is 0.419 e. The van der Waals surface area contributed by atoms with Gasteiger partial charge in [-0.05, 0) is 30.4 Å². The van der Waals surface area contributed by atoms with Crippen molar-refractivity contribution in [3.05, 3.63) is 35.2 Å². The third kappa shape index (κ3) is 3.44. The lowest BCUT2D eigenvalue weighted by molar-refractivity contribution is 0.124. The number of piperidine rings is 1. The molecule has 0 aliphatic carbocycles. The molecule has 4 nitrogen and oxygen atoms in total. The first-order valence-electron chi connectivity index (χ1n) is 7.41. The van der Waals surface area contributed by atoms with E-state index < -0.39 is 0 Å². The van der Waals surface area contributed by atoms with E-state index in [2.05, 4.69) is 28.9 Å². The zero-order valence-electron chi connectivity index (χ0n) is 12.4. The summed E-state index contributed by atoms with van der Waals surface area (Å²) in [5, 5.41) is 8.92. The Balaban J connectivity index is 1.72. The van der Waals surface area contributed by atoms with Crippen molar-refractivity contribution in [3.63, 3.8) is 0 Å². The van der Waals surface area contributed by atoms with Gasteiger partial charge in [-0.1, -0.05) is 37.6 Å². The van der Waals surface area contributed by atoms with Crippen molar-refractivity contribution in [1.82, 2.24) is 15.1 Å². The van der Waals surface area contributed by atoms with Gasteiger partial charge in [0.05, 0.1) is 17.1 Å². The number of benzene rings is 1. The van der Waals surface area contributed by atoms with Crippen molar-refractivity contribution in [2.75, 3.05) is 13.1 Å². The van der Waals surface area contributed by atoms with E-state index in [9.17, 15) is 0 Å². The summed E-state index contributed by atoms with van der Waals surface area (Å²) < 4.78 is 5.78. The molecule has 1 saturated heterocycles. The Kier molecular flexibility index (Phi) is 4.27. The van der Waals surface area contributed by atoms with Crippen molar-refractivity contribution in [2.45, 2.75) is 26.8 Å². The maximum Gasteiger partial charge on any atom is 0.249 e. The van der Waals surface area contributed by atoms with Crippen LogP contribution in [-0.4, -0.2) is 28.2 Å². The predicted octanol–water partition coefficient (Wildman–Crippen LogP) is 3.87. The summed E-state index contributed by atoms with van der Waals surface area (Å²) in [7, 11) is 0. The molecule has 3 rings (SSSR count). The second-order valence-corrected chi connectivity index (χ2v) is 6.53. The normalized spacial score (nSPS) is 23.4. The molecule has 0 bridgehead atoms. The molecule has 21 heavy (non-hydrogen) atoms. The summed E-state index contributed by atoms with van der Waals surface area (Å²) >= 11 is 6.16. The highest BCUT2D eigenvalue weighted by atomic mass is 35.5. The van der Waals surface area contributed by atoms with Gasteiger partial charge >= 0.3 is 0 Å². The van der Waals surface area contributed by atoms with Crippen molar-refractivity contribution < 1.29 is 4.42 Å². The highest BCUT2D eigenvalue weighted by molar-refractivity contribution is 6.33. The molecular formula is C16H20ClN3O. The average Bonchev–Trinajstić information content (AvgIpc) is 2.86. The van der Waals surface area contributed by atoms with Gasteiger partial charge in [0.2, 0.25) is 11.8 Å². The van der Waals surface area contributed by atoms with Crippen molar-refractivity contribution in [2.24, 2.45) is 11.8 Å². The van der Waals surface area contributed by atoms with Crippen molar-refractivity contribution in [3.8, 4) is 11.5 Å². The van der Waals surface area contributed by atoms with Crippen LogP contribution in [0.2, 0.25) is 5.02 Å². The predicted molar refractivity (Wildman–Crippen MR) is 83.0 cm³/mol. The molecule has 0 saturated carbocycles. The van der Waals surface area contributed by atoms with Crippen LogP contribution in [0.4, 0.5) is 0 Å². The molecule has 1 aliphatic rings. The number of likely N-dealkylation sites (tertiary alicyclic amines) is 1. The van der Waals surface area contributed by atoms with E-state index in [1.165, 1.54) is 6.42 Å². The number of aromatic nitrogens is 2. The molecule has 0 unspecified atom stereocenters. The van der Waals surface area contributed by atoms with E-state index in [0.717, 1.165) is 30.5 Å². The monoisotopic (exact) mass is 305 g/mol. The number of halogens is 1. The molecule has 1 fully saturated rings. The van der Waals surface area contributed by atoms with Crippen LogP contribution in [0, 0.1) is 11.8 Å². The van der Waals surface area contributed by atoms with Crippen LogP contribution < -0.4 is 0 Å². The lowest BCUT2D eigenvalue weighted by atomic mass is 9.92. The number of nitrogens with zero attached hydrogens (tertiary/aromatic N) is 3. The summed E-state index contributed by atoms with van der Waals surface area (Å²) in [4.78, 5) is 2.39. The summed E-state index contributed by atoms with van der Waals surface area (Å²) in [5.74, 6) is 2.60. The Hall–Kier alpha value is -1.39. The van der Waals surface area contributed by atoms with E-state index in [0.29, 0.717) is 23.3 Å². The van der Waals surface area contributed by atoms with Crippen LogP contribution in [0.1, 0.15) is 26.2 Å². The summed E-state index contributed by atoms with van der Waals surface area (Å²) in [6, 6.07) is 7.53. The van der Waals surface area contributed by atoms with Gasteiger partial charge in [0.1, 0.15) is 0 Å². The van der Waals surface area contributed by atoms with Gasteiger partial charge in [-0.15, -0.1) is 10.2 Å². The molecular weight excluding hydrogens is 286 g/mol. The lowest BCUT2D eigenvalue weighted by Crippen LogP contribution is -2.38. The second kappa shape index (κ2) is 6.16. The first kappa shape index (κ1) is 14.5. The third-order valence-electron chi connectivity index (χ3n) is 3.87. The van der Waals surface area contributed by atoms with Gasteiger partial charge in [-0.3, -0.25) is 4.90 Å². The van der Waals surface area contributed by atoms with Crippen molar-refractivity contribution >= 4 is 11.6 Å². The van der Waals surface area contributed by atoms with Gasteiger partial charge < -0.3 is 4.42 Å². The quantitative estimate of drug-likeness (QED) is 0.863. The van der Waals surface area contributed by atoms with Gasteiger partial charge in [-0.25, -0.2) is 0 Å². The topological polar surface area (TPSA) is 42.2 Å². The van der Waals surface area contributed by atoms with E-state index in [-0.39, 0.29) is 0 Å². The van der Waals surface area contributed by atoms with E-state index in [1.54, 1.807) is 0 Å². The van der Waals surface area contributed by atoms with Crippen molar-refractivity contribution in [1.29, 1.82) is 0 Å². The first-order chi connectivity index (χ1) is 10.1. The summed E-state index contributed by atoms with van der Waals surface area (Å²) in [6.45, 7) is 7.49. The first-order valence-corrected chi connectivity index (χ1v) is 7.79. The SMILES string of the molecule is C[C@H]1C[C@H](C)CN(Cc2nnc(-c3ccccc3Cl)o2)C1. The van der Waals surface area contributed by atoms with Crippen LogP contribution in [0.25, 0.3) is 11.5 Å². The van der Waals surface area contributed by atoms with Gasteiger partial charge in [0.15, 0.2) is 0 Å². The Morgan fingerprint density at radius 2 is 1.90 bits per heavy atom. The Morgan fingerprint density at radius 1 is 1.19 bits per heavy atom. The van der Waals surface area contributed by atoms with Gasteiger partial charge in [-0.2, -0.15) is 0 Å².